The number of hydrogen-bond acceptors (Lipinski definition) is 8. The largest absolute Gasteiger partial charge is 0.417 e. The number of nitrogens with two attached hydrogens (primary N) is 2. The van der Waals surface area contributed by atoms with Crippen molar-refractivity contribution in [2.24, 2.45) is 11.5 Å². The maximum absolute atomic E-state index is 12.0. The second-order valence-corrected chi connectivity index (χ2v) is 5.16. The number of aliphatic hydroxyl groups excluding tert-OH is 1. The number of carbonyl (C=O) groups is 2. The van der Waals surface area contributed by atoms with Gasteiger partial charge in [0, 0.05) is 6.20 Å². The van der Waals surface area contributed by atoms with E-state index in [-0.39, 0.29) is 18.2 Å². The minimum absolute atomic E-state index is 0.0133. The molecule has 2 aromatic rings. The summed E-state index contributed by atoms with van der Waals surface area (Å²) >= 11 is 0. The van der Waals surface area contributed by atoms with Crippen molar-refractivity contribution in [3.8, 4) is 11.6 Å². The van der Waals surface area contributed by atoms with Crippen LogP contribution in [0.1, 0.15) is 25.3 Å². The summed E-state index contributed by atoms with van der Waals surface area (Å²) in [5.41, 5.74) is 11.2. The van der Waals surface area contributed by atoms with Crippen molar-refractivity contribution in [2.75, 3.05) is 0 Å². The van der Waals surface area contributed by atoms with Crippen molar-refractivity contribution in [1.82, 2.24) is 20.5 Å². The van der Waals surface area contributed by atoms with Crippen LogP contribution in [-0.4, -0.2) is 44.2 Å². The second kappa shape index (κ2) is 7.62. The summed E-state index contributed by atoms with van der Waals surface area (Å²) < 4.78 is 5.46. The van der Waals surface area contributed by atoms with Crippen LogP contribution in [0, 0.1) is 0 Å². The molecule has 0 fully saturated rings. The van der Waals surface area contributed by atoms with Gasteiger partial charge in [0.25, 0.3) is 5.89 Å². The van der Waals surface area contributed by atoms with Crippen LogP contribution in [0.3, 0.4) is 0 Å². The number of amides is 2. The molecule has 2 amide bonds. The molecule has 2 aromatic heterocycles. The zero-order valence-electron chi connectivity index (χ0n) is 12.9. The molecule has 1 unspecified atom stereocenters. The predicted molar refractivity (Wildman–Crippen MR) is 81.9 cm³/mol. The van der Waals surface area contributed by atoms with Gasteiger partial charge in [-0.15, -0.1) is 10.2 Å². The van der Waals surface area contributed by atoms with Gasteiger partial charge in [0.15, 0.2) is 0 Å². The van der Waals surface area contributed by atoms with E-state index in [2.05, 4.69) is 20.5 Å². The Morgan fingerprint density at radius 2 is 2.12 bits per heavy atom. The summed E-state index contributed by atoms with van der Waals surface area (Å²) in [4.78, 5) is 27.3. The number of nitrogens with zero attached hydrogens (tertiary/aromatic N) is 3. The summed E-state index contributed by atoms with van der Waals surface area (Å²) in [5, 5.41) is 19.5. The van der Waals surface area contributed by atoms with Crippen molar-refractivity contribution >= 4 is 11.8 Å². The molecule has 0 aromatic carbocycles. The molecule has 2 rings (SSSR count). The number of primary amides is 1. The number of rotatable bonds is 7. The summed E-state index contributed by atoms with van der Waals surface area (Å²) in [7, 11) is 0. The van der Waals surface area contributed by atoms with Gasteiger partial charge in [-0.3, -0.25) is 14.6 Å². The van der Waals surface area contributed by atoms with E-state index < -0.39 is 30.0 Å². The monoisotopic (exact) mass is 334 g/mol. The van der Waals surface area contributed by atoms with Gasteiger partial charge in [0.2, 0.25) is 17.7 Å². The van der Waals surface area contributed by atoms with Crippen LogP contribution in [0.5, 0.6) is 0 Å². The Kier molecular flexibility index (Phi) is 5.55. The number of nitrogens with one attached hydrogen (secondary N) is 1. The molecule has 0 saturated carbocycles. The first kappa shape index (κ1) is 17.5. The van der Waals surface area contributed by atoms with Crippen molar-refractivity contribution < 1.29 is 19.1 Å². The zero-order chi connectivity index (χ0) is 17.7. The highest BCUT2D eigenvalue weighted by Gasteiger charge is 2.27. The van der Waals surface area contributed by atoms with Crippen molar-refractivity contribution in [1.29, 1.82) is 0 Å². The van der Waals surface area contributed by atoms with E-state index >= 15 is 0 Å². The molecule has 0 aliphatic heterocycles. The first-order valence-corrected chi connectivity index (χ1v) is 7.15. The third-order valence-electron chi connectivity index (χ3n) is 3.17. The Bertz CT molecular complexity index is 702. The highest BCUT2D eigenvalue weighted by atomic mass is 16.4. The van der Waals surface area contributed by atoms with Gasteiger partial charge in [-0.1, -0.05) is 6.07 Å². The molecule has 0 aliphatic rings. The van der Waals surface area contributed by atoms with Gasteiger partial charge >= 0.3 is 0 Å². The Hall–Kier alpha value is -2.85. The summed E-state index contributed by atoms with van der Waals surface area (Å²) in [6, 6.07) is 3.02. The minimum atomic E-state index is -1.17. The maximum atomic E-state index is 12.0. The standard InChI is InChI=1S/C14H18N6O4/c1-7(21)11(16)12(23)18-9(6-10(15)22)14-20-19-13(24-14)8-4-2-3-5-17-8/h2-5,7,9,11,21H,6,16H2,1H3,(H2,15,22)(H,18,23)/t7?,9-,11-/m0/s1. The molecular formula is C14H18N6O4. The van der Waals surface area contributed by atoms with Crippen LogP contribution in [0.15, 0.2) is 28.8 Å². The maximum Gasteiger partial charge on any atom is 0.266 e. The molecule has 0 radical (unpaired) electrons. The van der Waals surface area contributed by atoms with E-state index in [1.165, 1.54) is 6.92 Å². The Morgan fingerprint density at radius 3 is 2.71 bits per heavy atom. The van der Waals surface area contributed by atoms with Gasteiger partial charge < -0.3 is 26.3 Å². The van der Waals surface area contributed by atoms with Gasteiger partial charge in [0.05, 0.1) is 12.5 Å². The molecular weight excluding hydrogens is 316 g/mol. The quantitative estimate of drug-likeness (QED) is 0.493. The number of aliphatic hydroxyl groups is 1. The van der Waals surface area contributed by atoms with Crippen LogP contribution in [0.25, 0.3) is 11.6 Å². The lowest BCUT2D eigenvalue weighted by atomic mass is 10.1. The second-order valence-electron chi connectivity index (χ2n) is 5.16. The molecule has 0 aliphatic carbocycles. The fourth-order valence-corrected chi connectivity index (χ4v) is 1.86. The van der Waals surface area contributed by atoms with E-state index in [9.17, 15) is 14.7 Å². The number of aromatic nitrogens is 3. The lowest BCUT2D eigenvalue weighted by Gasteiger charge is -2.18. The van der Waals surface area contributed by atoms with Crippen LogP contribution < -0.4 is 16.8 Å². The molecule has 3 atom stereocenters. The van der Waals surface area contributed by atoms with E-state index in [0.29, 0.717) is 5.69 Å². The molecule has 128 valence electrons. The predicted octanol–water partition coefficient (Wildman–Crippen LogP) is -1.13. The molecule has 0 spiro atoms. The SMILES string of the molecule is CC(O)[C@H](N)C(=O)N[C@@H](CC(N)=O)c1nnc(-c2ccccn2)o1. The fraction of sp³-hybridized carbons (Fsp3) is 0.357. The van der Waals surface area contributed by atoms with Gasteiger partial charge in [-0.2, -0.15) is 0 Å². The van der Waals surface area contributed by atoms with E-state index in [1.54, 1.807) is 24.4 Å². The third-order valence-corrected chi connectivity index (χ3v) is 3.17. The summed E-state index contributed by atoms with van der Waals surface area (Å²) in [6.45, 7) is 1.37. The Labute approximate surface area is 137 Å². The number of hydrogen-bond donors (Lipinski definition) is 4. The van der Waals surface area contributed by atoms with Crippen LogP contribution in [-0.2, 0) is 9.59 Å². The molecule has 10 nitrogen and oxygen atoms in total. The van der Waals surface area contributed by atoms with Crippen LogP contribution >= 0.6 is 0 Å². The number of pyridine rings is 1. The Morgan fingerprint density at radius 1 is 1.38 bits per heavy atom. The number of carbonyl (C=O) groups excluding carboxylic acids is 2. The van der Waals surface area contributed by atoms with E-state index in [1.807, 2.05) is 0 Å². The molecule has 0 bridgehead atoms. The van der Waals surface area contributed by atoms with Crippen molar-refractivity contribution in [3.05, 3.63) is 30.3 Å². The summed E-state index contributed by atoms with van der Waals surface area (Å²) in [6.07, 6.45) is 0.233. The Balaban J connectivity index is 2.21. The van der Waals surface area contributed by atoms with Crippen molar-refractivity contribution in [3.63, 3.8) is 0 Å². The zero-order valence-corrected chi connectivity index (χ0v) is 12.9. The van der Waals surface area contributed by atoms with Gasteiger partial charge in [-0.05, 0) is 19.1 Å². The summed E-state index contributed by atoms with van der Waals surface area (Å²) in [5.74, 6) is -1.23. The van der Waals surface area contributed by atoms with E-state index in [0.717, 1.165) is 0 Å². The first-order chi connectivity index (χ1) is 11.4. The molecule has 2 heterocycles. The minimum Gasteiger partial charge on any atom is -0.417 e. The molecule has 0 saturated heterocycles. The van der Waals surface area contributed by atoms with Crippen molar-refractivity contribution in [2.45, 2.75) is 31.5 Å². The fourth-order valence-electron chi connectivity index (χ4n) is 1.86. The molecule has 10 heteroatoms. The van der Waals surface area contributed by atoms with Crippen LogP contribution in [0.4, 0.5) is 0 Å². The average molecular weight is 334 g/mol. The van der Waals surface area contributed by atoms with E-state index in [4.69, 9.17) is 15.9 Å². The molecule has 24 heavy (non-hydrogen) atoms. The van der Waals surface area contributed by atoms with Gasteiger partial charge in [0.1, 0.15) is 17.8 Å². The first-order valence-electron chi connectivity index (χ1n) is 7.15. The lowest BCUT2D eigenvalue weighted by molar-refractivity contribution is -0.125. The molecule has 6 N–H and O–H groups in total. The highest BCUT2D eigenvalue weighted by molar-refractivity contribution is 5.83. The normalized spacial score (nSPS) is 14.6. The average Bonchev–Trinajstić information content (AvgIpc) is 3.03. The van der Waals surface area contributed by atoms with Gasteiger partial charge in [-0.25, -0.2) is 0 Å². The van der Waals surface area contributed by atoms with Crippen LogP contribution in [0.2, 0.25) is 0 Å². The topological polar surface area (TPSA) is 170 Å². The lowest BCUT2D eigenvalue weighted by Crippen LogP contribution is -2.48. The highest BCUT2D eigenvalue weighted by Crippen LogP contribution is 2.20. The third kappa shape index (κ3) is 4.33. The smallest absolute Gasteiger partial charge is 0.266 e.